The van der Waals surface area contributed by atoms with Crippen LogP contribution < -0.4 is 14.8 Å². The van der Waals surface area contributed by atoms with E-state index in [1.165, 1.54) is 16.8 Å². The zero-order valence-electron chi connectivity index (χ0n) is 10.9. The van der Waals surface area contributed by atoms with Crippen molar-refractivity contribution < 1.29 is 13.9 Å². The molecule has 0 atom stereocenters. The first kappa shape index (κ1) is 12.0. The van der Waals surface area contributed by atoms with E-state index in [0.717, 1.165) is 17.1 Å². The number of halogens is 1. The van der Waals surface area contributed by atoms with Gasteiger partial charge in [0.25, 0.3) is 0 Å². The van der Waals surface area contributed by atoms with E-state index in [1.54, 1.807) is 6.07 Å². The van der Waals surface area contributed by atoms with E-state index in [-0.39, 0.29) is 12.6 Å². The summed E-state index contributed by atoms with van der Waals surface area (Å²) < 4.78 is 25.1. The standard InChI is InChI=1S/C14H11FN4O2/c15-10-2-4-13-17-14(18-19(13)7-10)16-6-9-1-3-11-12(5-9)21-8-20-11/h1-5,7H,6,8H2,(H,16,18). The van der Waals surface area contributed by atoms with Crippen LogP contribution in [-0.2, 0) is 6.54 Å². The van der Waals surface area contributed by atoms with Gasteiger partial charge in [-0.1, -0.05) is 6.07 Å². The Kier molecular flexibility index (Phi) is 2.63. The zero-order chi connectivity index (χ0) is 14.2. The molecule has 0 amide bonds. The molecule has 0 aliphatic carbocycles. The lowest BCUT2D eigenvalue weighted by atomic mass is 10.2. The molecule has 1 N–H and O–H groups in total. The number of nitrogens with zero attached hydrogens (tertiary/aromatic N) is 3. The molecule has 0 bridgehead atoms. The number of hydrogen-bond acceptors (Lipinski definition) is 5. The topological polar surface area (TPSA) is 60.7 Å². The Labute approximate surface area is 119 Å². The summed E-state index contributed by atoms with van der Waals surface area (Å²) in [5, 5.41) is 7.26. The monoisotopic (exact) mass is 286 g/mol. The van der Waals surface area contributed by atoms with Crippen LogP contribution in [0, 0.1) is 5.82 Å². The fourth-order valence-corrected chi connectivity index (χ4v) is 2.16. The summed E-state index contributed by atoms with van der Waals surface area (Å²) in [6, 6.07) is 8.65. The third-order valence-corrected chi connectivity index (χ3v) is 3.18. The highest BCUT2D eigenvalue weighted by atomic mass is 19.1. The van der Waals surface area contributed by atoms with Crippen LogP contribution in [0.5, 0.6) is 11.5 Å². The quantitative estimate of drug-likeness (QED) is 0.800. The minimum atomic E-state index is -0.352. The summed E-state index contributed by atoms with van der Waals surface area (Å²) in [6.45, 7) is 0.793. The number of anilines is 1. The van der Waals surface area contributed by atoms with Crippen molar-refractivity contribution in [2.45, 2.75) is 6.54 Å². The van der Waals surface area contributed by atoms with Crippen LogP contribution >= 0.6 is 0 Å². The van der Waals surface area contributed by atoms with Crippen molar-refractivity contribution in [2.24, 2.45) is 0 Å². The largest absolute Gasteiger partial charge is 0.454 e. The maximum Gasteiger partial charge on any atom is 0.243 e. The second kappa shape index (κ2) is 4.62. The van der Waals surface area contributed by atoms with Crippen LogP contribution in [0.4, 0.5) is 10.3 Å². The van der Waals surface area contributed by atoms with Gasteiger partial charge in [-0.2, -0.15) is 4.98 Å². The van der Waals surface area contributed by atoms with Gasteiger partial charge in [-0.15, -0.1) is 5.10 Å². The first-order valence-corrected chi connectivity index (χ1v) is 6.42. The molecule has 1 aromatic carbocycles. The van der Waals surface area contributed by atoms with E-state index in [1.807, 2.05) is 18.2 Å². The molecule has 3 aromatic rings. The molecular weight excluding hydrogens is 275 g/mol. The first-order chi connectivity index (χ1) is 10.3. The number of fused-ring (bicyclic) bond motifs is 2. The lowest BCUT2D eigenvalue weighted by Crippen LogP contribution is -2.01. The highest BCUT2D eigenvalue weighted by molar-refractivity contribution is 5.46. The van der Waals surface area contributed by atoms with Crippen molar-refractivity contribution in [3.8, 4) is 11.5 Å². The van der Waals surface area contributed by atoms with Gasteiger partial charge in [0, 0.05) is 6.54 Å². The van der Waals surface area contributed by atoms with Crippen molar-refractivity contribution in [1.82, 2.24) is 14.6 Å². The predicted octanol–water partition coefficient (Wildman–Crippen LogP) is 2.21. The van der Waals surface area contributed by atoms with Crippen LogP contribution in [0.25, 0.3) is 5.65 Å². The molecule has 0 radical (unpaired) electrons. The third kappa shape index (κ3) is 2.22. The minimum Gasteiger partial charge on any atom is -0.454 e. The van der Waals surface area contributed by atoms with Gasteiger partial charge in [-0.3, -0.25) is 0 Å². The number of nitrogens with one attached hydrogen (secondary N) is 1. The van der Waals surface area contributed by atoms with Gasteiger partial charge in [0.15, 0.2) is 17.1 Å². The third-order valence-electron chi connectivity index (χ3n) is 3.18. The summed E-state index contributed by atoms with van der Waals surface area (Å²) >= 11 is 0. The summed E-state index contributed by atoms with van der Waals surface area (Å²) in [5.74, 6) is 1.58. The van der Waals surface area contributed by atoms with Gasteiger partial charge in [-0.25, -0.2) is 8.91 Å². The molecule has 0 unspecified atom stereocenters. The van der Waals surface area contributed by atoms with Gasteiger partial charge in [0.2, 0.25) is 12.7 Å². The van der Waals surface area contributed by atoms with Crippen molar-refractivity contribution in [3.63, 3.8) is 0 Å². The predicted molar refractivity (Wildman–Crippen MR) is 72.8 cm³/mol. The van der Waals surface area contributed by atoms with Gasteiger partial charge >= 0.3 is 0 Å². The number of ether oxygens (including phenoxy) is 2. The number of hydrogen-bond donors (Lipinski definition) is 1. The zero-order valence-corrected chi connectivity index (χ0v) is 10.9. The van der Waals surface area contributed by atoms with Gasteiger partial charge in [0.1, 0.15) is 5.82 Å². The number of aromatic nitrogens is 3. The summed E-state index contributed by atoms with van der Waals surface area (Å²) in [4.78, 5) is 4.26. The van der Waals surface area contributed by atoms with Crippen molar-refractivity contribution in [1.29, 1.82) is 0 Å². The molecule has 0 saturated carbocycles. The second-order valence-electron chi connectivity index (χ2n) is 4.63. The fourth-order valence-electron chi connectivity index (χ4n) is 2.16. The van der Waals surface area contributed by atoms with Crippen molar-refractivity contribution in [3.05, 3.63) is 47.9 Å². The summed E-state index contributed by atoms with van der Waals surface area (Å²) in [7, 11) is 0. The van der Waals surface area contributed by atoms with Gasteiger partial charge < -0.3 is 14.8 Å². The van der Waals surface area contributed by atoms with E-state index < -0.39 is 0 Å². The molecule has 106 valence electrons. The fraction of sp³-hybridized carbons (Fsp3) is 0.143. The normalized spacial score (nSPS) is 12.8. The number of pyridine rings is 1. The summed E-state index contributed by atoms with van der Waals surface area (Å²) in [5.41, 5.74) is 1.61. The number of benzene rings is 1. The van der Waals surface area contributed by atoms with Crippen LogP contribution in [0.15, 0.2) is 36.5 Å². The smallest absolute Gasteiger partial charge is 0.243 e. The average molecular weight is 286 g/mol. The van der Waals surface area contributed by atoms with E-state index in [9.17, 15) is 4.39 Å². The Bertz CT molecular complexity index is 818. The molecule has 1 aliphatic rings. The van der Waals surface area contributed by atoms with Gasteiger partial charge in [-0.05, 0) is 29.8 Å². The van der Waals surface area contributed by atoms with E-state index in [4.69, 9.17) is 9.47 Å². The molecular formula is C14H11FN4O2. The Morgan fingerprint density at radius 1 is 1.19 bits per heavy atom. The lowest BCUT2D eigenvalue weighted by molar-refractivity contribution is 0.174. The van der Waals surface area contributed by atoms with Crippen LogP contribution in [0.3, 0.4) is 0 Å². The second-order valence-corrected chi connectivity index (χ2v) is 4.63. The maximum absolute atomic E-state index is 13.1. The molecule has 2 aromatic heterocycles. The van der Waals surface area contributed by atoms with Crippen molar-refractivity contribution in [2.75, 3.05) is 12.1 Å². The molecule has 0 fully saturated rings. The van der Waals surface area contributed by atoms with E-state index >= 15 is 0 Å². The molecule has 4 rings (SSSR count). The molecule has 0 saturated heterocycles. The highest BCUT2D eigenvalue weighted by Gasteiger charge is 2.13. The molecule has 7 heteroatoms. The first-order valence-electron chi connectivity index (χ1n) is 6.42. The summed E-state index contributed by atoms with van der Waals surface area (Å²) in [6.07, 6.45) is 1.29. The van der Waals surface area contributed by atoms with Crippen LogP contribution in [-0.4, -0.2) is 21.4 Å². The molecule has 1 aliphatic heterocycles. The van der Waals surface area contributed by atoms with Gasteiger partial charge in [0.05, 0.1) is 6.20 Å². The molecule has 21 heavy (non-hydrogen) atoms. The van der Waals surface area contributed by atoms with E-state index in [2.05, 4.69) is 15.4 Å². The lowest BCUT2D eigenvalue weighted by Gasteiger charge is -2.03. The van der Waals surface area contributed by atoms with Crippen molar-refractivity contribution >= 4 is 11.6 Å². The van der Waals surface area contributed by atoms with E-state index in [0.29, 0.717) is 18.1 Å². The Balaban J connectivity index is 1.52. The van der Waals surface area contributed by atoms with Crippen LogP contribution in [0.1, 0.15) is 5.56 Å². The maximum atomic E-state index is 13.1. The molecule has 3 heterocycles. The Hall–Kier alpha value is -2.83. The molecule has 6 nitrogen and oxygen atoms in total. The Morgan fingerprint density at radius 2 is 2.10 bits per heavy atom. The van der Waals surface area contributed by atoms with Crippen LogP contribution in [0.2, 0.25) is 0 Å². The molecule has 0 spiro atoms. The Morgan fingerprint density at radius 3 is 3.05 bits per heavy atom. The highest BCUT2D eigenvalue weighted by Crippen LogP contribution is 2.32. The minimum absolute atomic E-state index is 0.256. The average Bonchev–Trinajstić information content (AvgIpc) is 3.09. The number of rotatable bonds is 3. The SMILES string of the molecule is Fc1ccc2nc(NCc3ccc4c(c3)OCO4)nn2c1.